The number of fused-ring (bicyclic) bond motifs is 1. The van der Waals surface area contributed by atoms with Crippen LogP contribution in [-0.2, 0) is 22.5 Å². The van der Waals surface area contributed by atoms with Crippen molar-refractivity contribution in [3.05, 3.63) is 54.1 Å². The Labute approximate surface area is 154 Å². The van der Waals surface area contributed by atoms with E-state index in [1.165, 1.54) is 5.56 Å². The lowest BCUT2D eigenvalue weighted by Crippen LogP contribution is -2.33. The lowest BCUT2D eigenvalue weighted by atomic mass is 10.1. The third-order valence-corrected chi connectivity index (χ3v) is 5.41. The summed E-state index contributed by atoms with van der Waals surface area (Å²) in [6.45, 7) is 2.73. The van der Waals surface area contributed by atoms with Crippen LogP contribution < -0.4 is 14.4 Å². The normalized spacial score (nSPS) is 17.3. The summed E-state index contributed by atoms with van der Waals surface area (Å²) in [5.74, 6) is 0.795. The summed E-state index contributed by atoms with van der Waals surface area (Å²) < 4.78 is 26.9. The van der Waals surface area contributed by atoms with Gasteiger partial charge in [0, 0.05) is 6.54 Å². The number of nitrogens with zero attached hydrogens (tertiary/aromatic N) is 2. The number of hydrogen-bond acceptors (Lipinski definition) is 5. The van der Waals surface area contributed by atoms with Crippen molar-refractivity contribution < 1.29 is 18.5 Å². The minimum absolute atomic E-state index is 0.259. The molecule has 7 nitrogen and oxygen atoms in total. The molecule has 0 aromatic heterocycles. The van der Waals surface area contributed by atoms with Gasteiger partial charge >= 0.3 is 6.09 Å². The molecule has 4 rings (SSSR count). The van der Waals surface area contributed by atoms with E-state index >= 15 is 0 Å². The second kappa shape index (κ2) is 7.25. The average molecular weight is 373 g/mol. The maximum absolute atomic E-state index is 12.3. The third kappa shape index (κ3) is 3.45. The van der Waals surface area contributed by atoms with Gasteiger partial charge in [0.1, 0.15) is 19.0 Å². The Morgan fingerprint density at radius 1 is 1.04 bits per heavy atom. The number of amides is 1. The maximum atomic E-state index is 12.3. The largest absolute Gasteiger partial charge is 0.490 e. The molecule has 1 atom stereocenters. The van der Waals surface area contributed by atoms with E-state index in [1.54, 1.807) is 6.07 Å². The summed E-state index contributed by atoms with van der Waals surface area (Å²) in [5.41, 5.74) is 2.80. The van der Waals surface area contributed by atoms with E-state index < -0.39 is 17.3 Å². The summed E-state index contributed by atoms with van der Waals surface area (Å²) in [6, 6.07) is 15.8. The second-order valence-corrected chi connectivity index (χ2v) is 7.15. The maximum Gasteiger partial charge on any atom is 0.423 e. The van der Waals surface area contributed by atoms with Crippen molar-refractivity contribution in [1.29, 1.82) is 0 Å². The monoisotopic (exact) mass is 373 g/mol. The molecule has 0 aliphatic carbocycles. The van der Waals surface area contributed by atoms with Crippen LogP contribution in [0.2, 0.25) is 0 Å². The Balaban J connectivity index is 1.53. The fraction of sp³-hybridized carbons (Fsp3) is 0.278. The minimum atomic E-state index is -1.68. The first kappa shape index (κ1) is 16.7. The molecule has 2 aromatic rings. The van der Waals surface area contributed by atoms with Crippen LogP contribution in [0, 0.1) is 0 Å². The molecule has 0 radical (unpaired) electrons. The number of cyclic esters (lactones) is 1. The molecule has 0 saturated carbocycles. The van der Waals surface area contributed by atoms with Gasteiger partial charge < -0.3 is 14.4 Å². The molecule has 0 bridgehead atoms. The molecule has 1 unspecified atom stereocenters. The van der Waals surface area contributed by atoms with Crippen molar-refractivity contribution in [2.24, 2.45) is 0 Å². The van der Waals surface area contributed by atoms with Crippen LogP contribution in [-0.4, -0.2) is 40.9 Å². The predicted molar refractivity (Wildman–Crippen MR) is 99.2 cm³/mol. The van der Waals surface area contributed by atoms with Crippen LogP contribution in [0.25, 0.3) is 0 Å². The quantitative estimate of drug-likeness (QED) is 0.872. The second-order valence-electron chi connectivity index (χ2n) is 6.01. The highest BCUT2D eigenvalue weighted by molar-refractivity contribution is 7.84. The van der Waals surface area contributed by atoms with Gasteiger partial charge in [0.25, 0.3) is 0 Å². The van der Waals surface area contributed by atoms with Gasteiger partial charge in [-0.2, -0.15) is 0 Å². The standard InChI is InChI=1S/C18H19N3O4S/c22-18-21(9-11-25-18)26(23)19-15-6-7-17-16(12-15)20(8-10-24-17)13-14-4-2-1-3-5-14/h1-7,12,19H,8-11,13H2. The van der Waals surface area contributed by atoms with Gasteiger partial charge in [-0.15, -0.1) is 0 Å². The van der Waals surface area contributed by atoms with Crippen molar-refractivity contribution in [2.45, 2.75) is 6.54 Å². The zero-order valence-electron chi connectivity index (χ0n) is 14.1. The highest BCUT2D eigenvalue weighted by atomic mass is 32.2. The molecule has 136 valence electrons. The summed E-state index contributed by atoms with van der Waals surface area (Å²) in [4.78, 5) is 13.8. The lowest BCUT2D eigenvalue weighted by Gasteiger charge is -2.31. The van der Waals surface area contributed by atoms with Crippen LogP contribution in [0.4, 0.5) is 16.2 Å². The molecular weight excluding hydrogens is 354 g/mol. The smallest absolute Gasteiger partial charge is 0.423 e. The minimum Gasteiger partial charge on any atom is -0.490 e. The van der Waals surface area contributed by atoms with Crippen LogP contribution >= 0.6 is 0 Å². The van der Waals surface area contributed by atoms with Crippen LogP contribution in [0.1, 0.15) is 5.56 Å². The zero-order chi connectivity index (χ0) is 17.9. The molecule has 2 aromatic carbocycles. The van der Waals surface area contributed by atoms with Gasteiger partial charge in [-0.3, -0.25) is 4.72 Å². The van der Waals surface area contributed by atoms with Gasteiger partial charge in [0.15, 0.2) is 0 Å². The number of ether oxygens (including phenoxy) is 2. The van der Waals surface area contributed by atoms with E-state index in [0.717, 1.165) is 28.8 Å². The number of anilines is 2. The first-order valence-electron chi connectivity index (χ1n) is 8.39. The molecule has 1 N–H and O–H groups in total. The molecule has 2 heterocycles. The van der Waals surface area contributed by atoms with Crippen molar-refractivity contribution in [2.75, 3.05) is 35.9 Å². The Hall–Kier alpha value is -2.74. The van der Waals surface area contributed by atoms with Crippen molar-refractivity contribution in [3.8, 4) is 5.75 Å². The average Bonchev–Trinajstić information content (AvgIpc) is 3.09. The van der Waals surface area contributed by atoms with Crippen LogP contribution in [0.15, 0.2) is 48.5 Å². The topological polar surface area (TPSA) is 71.1 Å². The fourth-order valence-corrected chi connectivity index (χ4v) is 3.86. The molecule has 8 heteroatoms. The van der Waals surface area contributed by atoms with Crippen molar-refractivity contribution in [3.63, 3.8) is 0 Å². The molecule has 1 fully saturated rings. The van der Waals surface area contributed by atoms with Gasteiger partial charge in [-0.1, -0.05) is 30.3 Å². The summed E-state index contributed by atoms with van der Waals surface area (Å²) >= 11 is -1.68. The van der Waals surface area contributed by atoms with Crippen LogP contribution in [0.5, 0.6) is 5.75 Å². The van der Waals surface area contributed by atoms with Crippen molar-refractivity contribution >= 4 is 28.6 Å². The number of nitrogens with one attached hydrogen (secondary N) is 1. The van der Waals surface area contributed by atoms with Gasteiger partial charge in [-0.25, -0.2) is 13.3 Å². The molecule has 26 heavy (non-hydrogen) atoms. The number of hydrogen-bond donors (Lipinski definition) is 1. The van der Waals surface area contributed by atoms with E-state index in [0.29, 0.717) is 18.8 Å². The third-order valence-electron chi connectivity index (χ3n) is 4.26. The van der Waals surface area contributed by atoms with Crippen molar-refractivity contribution in [1.82, 2.24) is 4.31 Å². The van der Waals surface area contributed by atoms with Gasteiger partial charge in [-0.05, 0) is 23.8 Å². The number of benzene rings is 2. The lowest BCUT2D eigenvalue weighted by molar-refractivity contribution is 0.170. The first-order valence-corrected chi connectivity index (χ1v) is 9.50. The Morgan fingerprint density at radius 3 is 2.62 bits per heavy atom. The number of rotatable bonds is 5. The Morgan fingerprint density at radius 2 is 1.85 bits per heavy atom. The highest BCUT2D eigenvalue weighted by Crippen LogP contribution is 2.35. The van der Waals surface area contributed by atoms with Crippen LogP contribution in [0.3, 0.4) is 0 Å². The molecule has 1 amide bonds. The molecule has 0 spiro atoms. The summed E-state index contributed by atoms with van der Waals surface area (Å²) in [7, 11) is 0. The van der Waals surface area contributed by atoms with E-state index in [9.17, 15) is 9.00 Å². The molecule has 2 aliphatic heterocycles. The summed E-state index contributed by atoms with van der Waals surface area (Å²) in [6.07, 6.45) is -0.567. The SMILES string of the molecule is O=C1OCCN1S(=O)Nc1ccc2c(c1)N(Cc1ccccc1)CCO2. The molecular formula is C18H19N3O4S. The highest BCUT2D eigenvalue weighted by Gasteiger charge is 2.28. The van der Waals surface area contributed by atoms with E-state index in [1.807, 2.05) is 30.3 Å². The number of carbonyl (C=O) groups is 1. The number of carbonyl (C=O) groups excluding carboxylic acids is 1. The summed E-state index contributed by atoms with van der Waals surface area (Å²) in [5, 5.41) is 0. The Bertz CT molecular complexity index is 830. The fourth-order valence-electron chi connectivity index (χ4n) is 2.99. The first-order chi connectivity index (χ1) is 12.7. The van der Waals surface area contributed by atoms with E-state index in [4.69, 9.17) is 9.47 Å². The van der Waals surface area contributed by atoms with Gasteiger partial charge in [0.05, 0.1) is 24.5 Å². The molecule has 2 aliphatic rings. The zero-order valence-corrected chi connectivity index (χ0v) is 14.9. The van der Waals surface area contributed by atoms with Gasteiger partial charge in [0.2, 0.25) is 11.2 Å². The van der Waals surface area contributed by atoms with E-state index in [2.05, 4.69) is 21.8 Å². The predicted octanol–water partition coefficient (Wildman–Crippen LogP) is 2.53. The van der Waals surface area contributed by atoms with E-state index in [-0.39, 0.29) is 6.61 Å². The Kier molecular flexibility index (Phi) is 4.66. The molecule has 1 saturated heterocycles.